The normalized spacial score (nSPS) is 15.7. The van der Waals surface area contributed by atoms with Gasteiger partial charge in [-0.25, -0.2) is 0 Å². The fourth-order valence-corrected chi connectivity index (χ4v) is 2.86. The molecule has 0 radical (unpaired) electrons. The van der Waals surface area contributed by atoms with Crippen LogP contribution in [0, 0.1) is 0 Å². The van der Waals surface area contributed by atoms with E-state index in [1.165, 1.54) is 12.1 Å². The van der Waals surface area contributed by atoms with E-state index in [2.05, 4.69) is 4.18 Å². The monoisotopic (exact) mass is 280 g/mol. The van der Waals surface area contributed by atoms with Crippen molar-refractivity contribution in [3.05, 3.63) is 29.3 Å². The van der Waals surface area contributed by atoms with E-state index in [4.69, 9.17) is 0 Å². The quantitative estimate of drug-likeness (QED) is 0.799. The summed E-state index contributed by atoms with van der Waals surface area (Å²) in [5.74, 6) is 0. The Kier molecular flexibility index (Phi) is 3.37. The molecule has 0 heterocycles. The van der Waals surface area contributed by atoms with Crippen molar-refractivity contribution in [2.75, 3.05) is 6.61 Å². The van der Waals surface area contributed by atoms with Crippen LogP contribution in [0.5, 0.6) is 0 Å². The van der Waals surface area contributed by atoms with Crippen molar-refractivity contribution >= 4 is 10.1 Å². The Labute approximate surface area is 103 Å². The fraction of sp³-hybridized carbons (Fsp3) is 0.455. The highest BCUT2D eigenvalue weighted by Gasteiger charge is 2.31. The zero-order valence-corrected chi connectivity index (χ0v) is 10.1. The topological polar surface area (TPSA) is 43.4 Å². The molecule has 1 aliphatic rings. The number of fused-ring (bicyclic) bond motifs is 1. The van der Waals surface area contributed by atoms with Crippen LogP contribution in [0.3, 0.4) is 0 Å². The Morgan fingerprint density at radius 2 is 1.83 bits per heavy atom. The van der Waals surface area contributed by atoms with E-state index in [1.54, 1.807) is 6.07 Å². The number of benzene rings is 1. The summed E-state index contributed by atoms with van der Waals surface area (Å²) >= 11 is 0. The number of hydrogen-bond donors (Lipinski definition) is 0. The second kappa shape index (κ2) is 4.55. The van der Waals surface area contributed by atoms with E-state index in [9.17, 15) is 21.6 Å². The van der Waals surface area contributed by atoms with Crippen LogP contribution < -0.4 is 0 Å². The van der Waals surface area contributed by atoms with Crippen molar-refractivity contribution < 1.29 is 25.8 Å². The van der Waals surface area contributed by atoms with Gasteiger partial charge < -0.3 is 0 Å². The van der Waals surface area contributed by atoms with Crippen LogP contribution in [-0.4, -0.2) is 21.2 Å². The number of hydrogen-bond acceptors (Lipinski definition) is 3. The highest BCUT2D eigenvalue weighted by atomic mass is 32.2. The molecule has 0 amide bonds. The van der Waals surface area contributed by atoms with Gasteiger partial charge in [0.1, 0.15) is 0 Å². The molecule has 1 aromatic rings. The molecular formula is C11H11F3O3S. The molecule has 1 aliphatic carbocycles. The van der Waals surface area contributed by atoms with Crippen LogP contribution in [0.25, 0.3) is 0 Å². The van der Waals surface area contributed by atoms with Gasteiger partial charge in [-0.05, 0) is 42.5 Å². The molecule has 3 nitrogen and oxygen atoms in total. The van der Waals surface area contributed by atoms with Gasteiger partial charge in [0.25, 0.3) is 10.1 Å². The summed E-state index contributed by atoms with van der Waals surface area (Å²) in [6.07, 6.45) is -2.11. The first kappa shape index (κ1) is 13.4. The minimum absolute atomic E-state index is 0.215. The second-order valence-corrected chi connectivity index (χ2v) is 5.73. The van der Waals surface area contributed by atoms with Gasteiger partial charge in [-0.1, -0.05) is 6.07 Å². The summed E-state index contributed by atoms with van der Waals surface area (Å²) in [6, 6.07) is 4.32. The predicted molar refractivity (Wildman–Crippen MR) is 57.7 cm³/mol. The average Bonchev–Trinajstić information content (AvgIpc) is 2.72. The van der Waals surface area contributed by atoms with Crippen LogP contribution in [0.1, 0.15) is 17.5 Å². The highest BCUT2D eigenvalue weighted by molar-refractivity contribution is 7.86. The van der Waals surface area contributed by atoms with Crippen LogP contribution in [0.4, 0.5) is 13.2 Å². The van der Waals surface area contributed by atoms with E-state index in [0.717, 1.165) is 30.4 Å². The molecule has 7 heteroatoms. The minimum atomic E-state index is -4.66. The molecular weight excluding hydrogens is 269 g/mol. The second-order valence-electron chi connectivity index (χ2n) is 4.12. The molecule has 1 aromatic carbocycles. The molecule has 0 saturated carbocycles. The third kappa shape index (κ3) is 3.02. The van der Waals surface area contributed by atoms with E-state index in [0.29, 0.717) is 0 Å². The number of halogens is 3. The third-order valence-electron chi connectivity index (χ3n) is 2.74. The van der Waals surface area contributed by atoms with Gasteiger partial charge in [0.2, 0.25) is 0 Å². The van der Waals surface area contributed by atoms with Crippen molar-refractivity contribution in [3.8, 4) is 0 Å². The molecule has 18 heavy (non-hydrogen) atoms. The summed E-state index contributed by atoms with van der Waals surface area (Å²) in [5, 5.41) is 0. The minimum Gasteiger partial charge on any atom is -0.257 e. The first-order chi connectivity index (χ1) is 8.28. The predicted octanol–water partition coefficient (Wildman–Crippen LogP) is 2.44. The van der Waals surface area contributed by atoms with Crippen LogP contribution in [-0.2, 0) is 27.1 Å². The first-order valence-corrected chi connectivity index (χ1v) is 6.77. The molecule has 0 saturated heterocycles. The van der Waals surface area contributed by atoms with Gasteiger partial charge in [0.15, 0.2) is 6.61 Å². The smallest absolute Gasteiger partial charge is 0.257 e. The lowest BCUT2D eigenvalue weighted by Gasteiger charge is -2.09. The molecule has 0 N–H and O–H groups in total. The van der Waals surface area contributed by atoms with E-state index in [1.807, 2.05) is 0 Å². The van der Waals surface area contributed by atoms with Gasteiger partial charge in [0.05, 0.1) is 4.90 Å². The molecule has 0 unspecified atom stereocenters. The summed E-state index contributed by atoms with van der Waals surface area (Å²) in [6.45, 7) is -1.80. The molecule has 0 atom stereocenters. The molecule has 100 valence electrons. The van der Waals surface area contributed by atoms with E-state index in [-0.39, 0.29) is 4.90 Å². The maximum Gasteiger partial charge on any atom is 0.413 e. The largest absolute Gasteiger partial charge is 0.413 e. The molecule has 0 spiro atoms. The lowest BCUT2D eigenvalue weighted by atomic mass is 10.1. The van der Waals surface area contributed by atoms with Crippen molar-refractivity contribution in [2.24, 2.45) is 0 Å². The van der Waals surface area contributed by atoms with Crippen molar-refractivity contribution in [3.63, 3.8) is 0 Å². The standard InChI is InChI=1S/C11H11F3O3S/c12-11(13,14)7-17-18(15,16)10-5-4-8-2-1-3-9(8)6-10/h4-6H,1-3,7H2. The van der Waals surface area contributed by atoms with E-state index >= 15 is 0 Å². The lowest BCUT2D eigenvalue weighted by molar-refractivity contribution is -0.152. The molecule has 2 rings (SSSR count). The average molecular weight is 280 g/mol. The van der Waals surface area contributed by atoms with Gasteiger partial charge in [0, 0.05) is 0 Å². The Morgan fingerprint density at radius 1 is 1.17 bits per heavy atom. The van der Waals surface area contributed by atoms with Crippen molar-refractivity contribution in [1.29, 1.82) is 0 Å². The van der Waals surface area contributed by atoms with Crippen LogP contribution in [0.2, 0.25) is 0 Å². The first-order valence-electron chi connectivity index (χ1n) is 5.36. The maximum atomic E-state index is 11.9. The zero-order valence-electron chi connectivity index (χ0n) is 9.33. The maximum absolute atomic E-state index is 11.9. The highest BCUT2D eigenvalue weighted by Crippen LogP contribution is 2.26. The summed E-state index contributed by atoms with van der Waals surface area (Å²) < 4.78 is 62.9. The Balaban J connectivity index is 2.20. The molecule has 0 bridgehead atoms. The molecule has 0 aromatic heterocycles. The third-order valence-corrected chi connectivity index (χ3v) is 4.00. The zero-order chi connectivity index (χ0) is 13.4. The van der Waals surface area contributed by atoms with Crippen molar-refractivity contribution in [1.82, 2.24) is 0 Å². The summed E-state index contributed by atoms with van der Waals surface area (Å²) in [5.41, 5.74) is 1.91. The molecule has 0 fully saturated rings. The fourth-order valence-electron chi connectivity index (χ4n) is 1.92. The van der Waals surface area contributed by atoms with Gasteiger partial charge in [-0.2, -0.15) is 21.6 Å². The number of aryl methyl sites for hydroxylation is 2. The van der Waals surface area contributed by atoms with Gasteiger partial charge in [-0.3, -0.25) is 4.18 Å². The van der Waals surface area contributed by atoms with E-state index < -0.39 is 22.9 Å². The molecule has 0 aliphatic heterocycles. The lowest BCUT2D eigenvalue weighted by Crippen LogP contribution is -2.20. The van der Waals surface area contributed by atoms with Crippen molar-refractivity contribution in [2.45, 2.75) is 30.3 Å². The Morgan fingerprint density at radius 3 is 2.50 bits per heavy atom. The Hall–Kier alpha value is -1.08. The number of alkyl halides is 3. The van der Waals surface area contributed by atoms with Crippen LogP contribution >= 0.6 is 0 Å². The van der Waals surface area contributed by atoms with Gasteiger partial charge >= 0.3 is 6.18 Å². The van der Waals surface area contributed by atoms with Gasteiger partial charge in [-0.15, -0.1) is 0 Å². The number of rotatable bonds is 3. The summed E-state index contributed by atoms with van der Waals surface area (Å²) in [7, 11) is -4.34. The Bertz CT molecular complexity index is 549. The van der Waals surface area contributed by atoms with Crippen LogP contribution in [0.15, 0.2) is 23.1 Å². The SMILES string of the molecule is O=S(=O)(OCC(F)(F)F)c1ccc2c(c1)CCC2. The summed E-state index contributed by atoms with van der Waals surface area (Å²) in [4.78, 5) is -0.215.